The van der Waals surface area contributed by atoms with E-state index in [-0.39, 0.29) is 5.56 Å². The van der Waals surface area contributed by atoms with Crippen LogP contribution in [0.15, 0.2) is 47.5 Å². The van der Waals surface area contributed by atoms with Crippen molar-refractivity contribution in [1.82, 2.24) is 0 Å². The van der Waals surface area contributed by atoms with Crippen LogP contribution >= 0.6 is 11.6 Å². The van der Waals surface area contributed by atoms with Crippen molar-refractivity contribution in [1.29, 1.82) is 0 Å². The summed E-state index contributed by atoms with van der Waals surface area (Å²) in [6.07, 6.45) is 0.536. The van der Waals surface area contributed by atoms with Gasteiger partial charge in [0.15, 0.2) is 0 Å². The predicted molar refractivity (Wildman–Crippen MR) is 86.5 cm³/mol. The maximum absolute atomic E-state index is 12.1. The van der Waals surface area contributed by atoms with Crippen molar-refractivity contribution in [3.05, 3.63) is 64.2 Å². The van der Waals surface area contributed by atoms with Gasteiger partial charge in [0.25, 0.3) is 0 Å². The van der Waals surface area contributed by atoms with E-state index in [9.17, 15) is 9.90 Å². The summed E-state index contributed by atoms with van der Waals surface area (Å²) in [6, 6.07) is 11.3. The molecule has 0 bridgehead atoms. The average molecular weight is 333 g/mol. The van der Waals surface area contributed by atoms with Gasteiger partial charge in [0, 0.05) is 17.1 Å². The van der Waals surface area contributed by atoms with E-state index < -0.39 is 11.9 Å². The molecule has 2 rings (SSSR count). The number of carbonyl (C=O) groups is 1. The number of benzene rings is 2. The standard InChI is InChI=1S/C17H16ClNO4/c1-23-15-7-6-13(18)10-14(15)16(20)19-9-8-11-2-4-12(5-3-11)17(21)22/h2-7,10H,8-9H2,1H3,(H,19,20)(H,21,22)/p-1. The van der Waals surface area contributed by atoms with Crippen molar-refractivity contribution < 1.29 is 19.7 Å². The third kappa shape index (κ3) is 4.47. The van der Waals surface area contributed by atoms with Crippen LogP contribution in [0.4, 0.5) is 0 Å². The molecule has 0 fully saturated rings. The summed E-state index contributed by atoms with van der Waals surface area (Å²) in [5, 5.41) is 21.4. The molecule has 6 heteroatoms. The van der Waals surface area contributed by atoms with E-state index in [0.29, 0.717) is 29.3 Å². The number of ether oxygens (including phenoxy) is 1. The largest absolute Gasteiger partial charge is 0.858 e. The maximum atomic E-state index is 12.1. The first kappa shape index (κ1) is 16.8. The number of rotatable bonds is 6. The quantitative estimate of drug-likeness (QED) is 0.650. The van der Waals surface area contributed by atoms with Crippen LogP contribution in [0, 0.1) is 0 Å². The SMILES string of the molecule is COc1ccc(Cl)cc1C([O-])=NCCc1ccc(C(=O)O)cc1. The zero-order valence-electron chi connectivity index (χ0n) is 12.5. The Balaban J connectivity index is 2.05. The molecule has 0 aliphatic rings. The minimum Gasteiger partial charge on any atom is -0.858 e. The van der Waals surface area contributed by atoms with Gasteiger partial charge in [-0.2, -0.15) is 0 Å². The molecule has 0 spiro atoms. The maximum Gasteiger partial charge on any atom is 0.335 e. The summed E-state index contributed by atoms with van der Waals surface area (Å²) in [5.41, 5.74) is 1.45. The molecule has 2 aromatic carbocycles. The normalized spacial score (nSPS) is 11.3. The molecule has 0 aliphatic carbocycles. The van der Waals surface area contributed by atoms with Crippen molar-refractivity contribution in [2.45, 2.75) is 6.42 Å². The van der Waals surface area contributed by atoms with Gasteiger partial charge in [0.05, 0.1) is 12.7 Å². The van der Waals surface area contributed by atoms with E-state index in [1.807, 2.05) is 0 Å². The predicted octanol–water partition coefficient (Wildman–Crippen LogP) is 2.40. The number of methoxy groups -OCH3 is 1. The van der Waals surface area contributed by atoms with Gasteiger partial charge in [-0.05, 0) is 48.2 Å². The zero-order valence-corrected chi connectivity index (χ0v) is 13.2. The van der Waals surface area contributed by atoms with Gasteiger partial charge in [-0.25, -0.2) is 4.79 Å². The van der Waals surface area contributed by atoms with Gasteiger partial charge in [-0.1, -0.05) is 23.7 Å². The summed E-state index contributed by atoms with van der Waals surface area (Å²) < 4.78 is 5.13. The molecule has 1 N–H and O–H groups in total. The lowest BCUT2D eigenvalue weighted by Crippen LogP contribution is -2.20. The summed E-state index contributed by atoms with van der Waals surface area (Å²) in [5.74, 6) is -0.940. The minimum absolute atomic E-state index is 0.227. The number of nitrogens with zero attached hydrogens (tertiary/aromatic N) is 1. The first-order valence-corrected chi connectivity index (χ1v) is 7.26. The zero-order chi connectivity index (χ0) is 16.8. The highest BCUT2D eigenvalue weighted by atomic mass is 35.5. The molecule has 0 unspecified atom stereocenters. The lowest BCUT2D eigenvalue weighted by molar-refractivity contribution is -0.213. The molecule has 23 heavy (non-hydrogen) atoms. The van der Waals surface area contributed by atoms with Gasteiger partial charge in [-0.15, -0.1) is 0 Å². The Morgan fingerprint density at radius 1 is 1.26 bits per heavy atom. The van der Waals surface area contributed by atoms with E-state index in [1.54, 1.807) is 24.3 Å². The van der Waals surface area contributed by atoms with Crippen molar-refractivity contribution in [2.24, 2.45) is 4.99 Å². The molecule has 0 saturated heterocycles. The summed E-state index contributed by atoms with van der Waals surface area (Å²) in [7, 11) is 1.48. The number of carboxylic acid groups (broad SMARTS) is 1. The number of hydrogen-bond donors (Lipinski definition) is 1. The molecule has 5 nitrogen and oxygen atoms in total. The molecule has 0 aliphatic heterocycles. The second kappa shape index (κ2) is 7.65. The van der Waals surface area contributed by atoms with E-state index in [2.05, 4.69) is 4.99 Å². The molecule has 2 aromatic rings. The Morgan fingerprint density at radius 3 is 2.57 bits per heavy atom. The van der Waals surface area contributed by atoms with E-state index in [0.717, 1.165) is 5.56 Å². The van der Waals surface area contributed by atoms with Gasteiger partial charge in [0.2, 0.25) is 0 Å². The Hall–Kier alpha value is -2.53. The van der Waals surface area contributed by atoms with Crippen LogP contribution in [0.2, 0.25) is 5.02 Å². The van der Waals surface area contributed by atoms with Crippen LogP contribution in [-0.2, 0) is 6.42 Å². The molecule has 0 amide bonds. The fourth-order valence-corrected chi connectivity index (χ4v) is 2.21. The van der Waals surface area contributed by atoms with Gasteiger partial charge < -0.3 is 19.9 Å². The lowest BCUT2D eigenvalue weighted by Gasteiger charge is -2.15. The monoisotopic (exact) mass is 332 g/mol. The summed E-state index contributed by atoms with van der Waals surface area (Å²) in [6.45, 7) is 0.293. The van der Waals surface area contributed by atoms with E-state index in [4.69, 9.17) is 21.4 Å². The van der Waals surface area contributed by atoms with Crippen molar-refractivity contribution >= 4 is 23.5 Å². The Bertz CT molecular complexity index is 726. The Labute approximate surface area is 138 Å². The lowest BCUT2D eigenvalue weighted by atomic mass is 10.1. The van der Waals surface area contributed by atoms with Crippen LogP contribution in [0.25, 0.3) is 0 Å². The average Bonchev–Trinajstić information content (AvgIpc) is 2.55. The van der Waals surface area contributed by atoms with Crippen LogP contribution in [0.1, 0.15) is 21.5 Å². The van der Waals surface area contributed by atoms with Crippen LogP contribution in [0.5, 0.6) is 5.75 Å². The highest BCUT2D eigenvalue weighted by molar-refractivity contribution is 6.31. The molecule has 0 aromatic heterocycles. The van der Waals surface area contributed by atoms with Crippen LogP contribution < -0.4 is 9.84 Å². The Kier molecular flexibility index (Phi) is 5.60. The van der Waals surface area contributed by atoms with Gasteiger partial charge in [-0.3, -0.25) is 0 Å². The molecule has 0 heterocycles. The molecule has 0 atom stereocenters. The number of aromatic carboxylic acids is 1. The summed E-state index contributed by atoms with van der Waals surface area (Å²) >= 11 is 5.89. The number of hydrogen-bond acceptors (Lipinski definition) is 4. The van der Waals surface area contributed by atoms with Crippen molar-refractivity contribution in [3.63, 3.8) is 0 Å². The molecule has 0 saturated carbocycles. The van der Waals surface area contributed by atoms with Gasteiger partial charge >= 0.3 is 5.97 Å². The fourth-order valence-electron chi connectivity index (χ4n) is 2.03. The first-order chi connectivity index (χ1) is 11.0. The number of aliphatic imine (C=N–C) groups is 1. The molecular formula is C17H15ClNO4-. The van der Waals surface area contributed by atoms with Crippen LogP contribution in [0.3, 0.4) is 0 Å². The van der Waals surface area contributed by atoms with Crippen molar-refractivity contribution in [2.75, 3.05) is 13.7 Å². The van der Waals surface area contributed by atoms with Gasteiger partial charge in [0.1, 0.15) is 5.75 Å². The first-order valence-electron chi connectivity index (χ1n) is 6.89. The van der Waals surface area contributed by atoms with Crippen LogP contribution in [-0.4, -0.2) is 30.6 Å². The van der Waals surface area contributed by atoms with E-state index in [1.165, 1.54) is 25.3 Å². The Morgan fingerprint density at radius 2 is 1.96 bits per heavy atom. The number of halogens is 1. The summed E-state index contributed by atoms with van der Waals surface area (Å²) in [4.78, 5) is 14.8. The molecule has 0 radical (unpaired) electrons. The second-order valence-corrected chi connectivity index (χ2v) is 5.22. The minimum atomic E-state index is -0.968. The highest BCUT2D eigenvalue weighted by Gasteiger charge is 2.04. The smallest absolute Gasteiger partial charge is 0.335 e. The third-order valence-corrected chi connectivity index (χ3v) is 3.48. The highest BCUT2D eigenvalue weighted by Crippen LogP contribution is 2.22. The molecule has 120 valence electrons. The molecular weight excluding hydrogens is 318 g/mol. The second-order valence-electron chi connectivity index (χ2n) is 4.78. The number of carboxylic acids is 1. The topological polar surface area (TPSA) is 82.0 Å². The fraction of sp³-hybridized carbons (Fsp3) is 0.176. The van der Waals surface area contributed by atoms with Crippen molar-refractivity contribution in [3.8, 4) is 5.75 Å². The third-order valence-electron chi connectivity index (χ3n) is 3.25. The van der Waals surface area contributed by atoms with E-state index >= 15 is 0 Å².